The molecule has 4 heteroatoms. The summed E-state index contributed by atoms with van der Waals surface area (Å²) in [5, 5.41) is 15.3. The van der Waals surface area contributed by atoms with Crippen LogP contribution in [0.15, 0.2) is 59.7 Å². The number of aliphatic carboxylic acids is 1. The third-order valence-corrected chi connectivity index (χ3v) is 3.64. The van der Waals surface area contributed by atoms with E-state index < -0.39 is 5.97 Å². The summed E-state index contributed by atoms with van der Waals surface area (Å²) in [5.41, 5.74) is 3.34. The molecule has 1 N–H and O–H groups in total. The zero-order chi connectivity index (χ0) is 14.8. The molecule has 3 rings (SSSR count). The lowest BCUT2D eigenvalue weighted by molar-refractivity contribution is -0.129. The van der Waals surface area contributed by atoms with E-state index >= 15 is 0 Å². The largest absolute Gasteiger partial charge is 0.477 e. The molecule has 0 spiro atoms. The molecule has 106 valence electrons. The molecule has 0 bridgehead atoms. The smallest absolute Gasteiger partial charge is 0.352 e. The molecule has 1 aliphatic heterocycles. The van der Waals surface area contributed by atoms with Crippen LogP contribution in [0.1, 0.15) is 23.6 Å². The van der Waals surface area contributed by atoms with Crippen molar-refractivity contribution in [3.63, 3.8) is 0 Å². The van der Waals surface area contributed by atoms with Crippen LogP contribution >= 0.6 is 0 Å². The van der Waals surface area contributed by atoms with Crippen molar-refractivity contribution in [2.24, 2.45) is 5.10 Å². The predicted octanol–water partition coefficient (Wildman–Crippen LogP) is 3.39. The molecule has 0 aliphatic carbocycles. The van der Waals surface area contributed by atoms with Gasteiger partial charge in [-0.1, -0.05) is 48.0 Å². The fraction of sp³-hybridized carbons (Fsp3) is 0.176. The predicted molar refractivity (Wildman–Crippen MR) is 82.5 cm³/mol. The Labute approximate surface area is 123 Å². The molecule has 2 aromatic rings. The summed E-state index contributed by atoms with van der Waals surface area (Å²) in [6.45, 7) is 2.02. The van der Waals surface area contributed by atoms with Gasteiger partial charge in [0, 0.05) is 6.42 Å². The molecule has 21 heavy (non-hydrogen) atoms. The Morgan fingerprint density at radius 1 is 1.14 bits per heavy atom. The Balaban J connectivity index is 2.00. The average Bonchev–Trinajstić information content (AvgIpc) is 2.94. The topological polar surface area (TPSA) is 52.9 Å². The van der Waals surface area contributed by atoms with Crippen molar-refractivity contribution in [2.45, 2.75) is 19.4 Å². The SMILES string of the molecule is Cc1ccc(N2N=C(C(=O)O)CC2c2ccccc2)cc1. The van der Waals surface area contributed by atoms with Crippen LogP contribution in [0, 0.1) is 6.92 Å². The van der Waals surface area contributed by atoms with Gasteiger partial charge in [-0.25, -0.2) is 4.79 Å². The highest BCUT2D eigenvalue weighted by Crippen LogP contribution is 2.35. The van der Waals surface area contributed by atoms with E-state index in [9.17, 15) is 9.90 Å². The van der Waals surface area contributed by atoms with Crippen molar-refractivity contribution >= 4 is 17.4 Å². The van der Waals surface area contributed by atoms with Crippen molar-refractivity contribution in [1.82, 2.24) is 0 Å². The van der Waals surface area contributed by atoms with E-state index in [0.717, 1.165) is 16.8 Å². The molecule has 0 aromatic heterocycles. The molecule has 4 nitrogen and oxygen atoms in total. The second kappa shape index (κ2) is 5.40. The Hall–Kier alpha value is -2.62. The highest BCUT2D eigenvalue weighted by molar-refractivity contribution is 6.36. The van der Waals surface area contributed by atoms with Gasteiger partial charge in [-0.2, -0.15) is 5.10 Å². The number of hydrazone groups is 1. The molecule has 0 amide bonds. The minimum Gasteiger partial charge on any atom is -0.477 e. The summed E-state index contributed by atoms with van der Waals surface area (Å²) in [6, 6.07) is 17.8. The first kappa shape index (κ1) is 13.4. The molecular weight excluding hydrogens is 264 g/mol. The van der Waals surface area contributed by atoms with Crippen LogP contribution in [0.2, 0.25) is 0 Å². The summed E-state index contributed by atoms with van der Waals surface area (Å²) in [5.74, 6) is -0.953. The van der Waals surface area contributed by atoms with E-state index in [1.165, 1.54) is 0 Å². The van der Waals surface area contributed by atoms with E-state index in [1.807, 2.05) is 61.5 Å². The molecule has 1 unspecified atom stereocenters. The Bertz CT molecular complexity index is 678. The summed E-state index contributed by atoms with van der Waals surface area (Å²) in [7, 11) is 0. The molecule has 0 fully saturated rings. The standard InChI is InChI=1S/C17H16N2O2/c1-12-7-9-14(10-8-12)19-16(11-15(18-19)17(20)21)13-5-3-2-4-6-13/h2-10,16H,11H2,1H3,(H,20,21). The Morgan fingerprint density at radius 2 is 1.81 bits per heavy atom. The number of carboxylic acid groups (broad SMARTS) is 1. The second-order valence-corrected chi connectivity index (χ2v) is 5.16. The first-order valence-electron chi connectivity index (χ1n) is 6.87. The van der Waals surface area contributed by atoms with E-state index in [2.05, 4.69) is 5.10 Å². The highest BCUT2D eigenvalue weighted by Gasteiger charge is 2.32. The molecule has 1 aliphatic rings. The van der Waals surface area contributed by atoms with Crippen molar-refractivity contribution < 1.29 is 9.90 Å². The van der Waals surface area contributed by atoms with Gasteiger partial charge in [0.2, 0.25) is 0 Å². The fourth-order valence-corrected chi connectivity index (χ4v) is 2.51. The van der Waals surface area contributed by atoms with Gasteiger partial charge in [0.1, 0.15) is 5.71 Å². The quantitative estimate of drug-likeness (QED) is 0.937. The number of carbonyl (C=O) groups is 1. The van der Waals surface area contributed by atoms with E-state index in [-0.39, 0.29) is 11.8 Å². The number of hydrogen-bond acceptors (Lipinski definition) is 3. The van der Waals surface area contributed by atoms with Crippen LogP contribution in [0.5, 0.6) is 0 Å². The number of hydrogen-bond donors (Lipinski definition) is 1. The normalized spacial score (nSPS) is 17.7. The van der Waals surface area contributed by atoms with Crippen molar-refractivity contribution in [3.05, 3.63) is 65.7 Å². The molecule has 0 saturated carbocycles. The Kier molecular flexibility index (Phi) is 3.44. The summed E-state index contributed by atoms with van der Waals surface area (Å²) < 4.78 is 0. The monoisotopic (exact) mass is 280 g/mol. The molecule has 1 heterocycles. The zero-order valence-electron chi connectivity index (χ0n) is 11.7. The van der Waals surface area contributed by atoms with Gasteiger partial charge >= 0.3 is 5.97 Å². The number of carboxylic acids is 1. The lowest BCUT2D eigenvalue weighted by Gasteiger charge is -2.24. The molecule has 0 saturated heterocycles. The number of anilines is 1. The van der Waals surface area contributed by atoms with Gasteiger partial charge in [-0.05, 0) is 24.6 Å². The first-order valence-corrected chi connectivity index (χ1v) is 6.87. The van der Waals surface area contributed by atoms with Crippen molar-refractivity contribution in [3.8, 4) is 0 Å². The molecule has 2 aromatic carbocycles. The lowest BCUT2D eigenvalue weighted by atomic mass is 10.0. The van der Waals surface area contributed by atoms with E-state index in [0.29, 0.717) is 6.42 Å². The van der Waals surface area contributed by atoms with Crippen molar-refractivity contribution in [1.29, 1.82) is 0 Å². The van der Waals surface area contributed by atoms with Gasteiger partial charge < -0.3 is 5.11 Å². The zero-order valence-corrected chi connectivity index (χ0v) is 11.7. The molecule has 1 atom stereocenters. The second-order valence-electron chi connectivity index (χ2n) is 5.16. The van der Waals surface area contributed by atoms with Crippen LogP contribution in [0.25, 0.3) is 0 Å². The minimum absolute atomic E-state index is 0.0694. The van der Waals surface area contributed by atoms with E-state index in [4.69, 9.17) is 0 Å². The maximum absolute atomic E-state index is 11.3. The van der Waals surface area contributed by atoms with Gasteiger partial charge in [-0.15, -0.1) is 0 Å². The van der Waals surface area contributed by atoms with Gasteiger partial charge in [-0.3, -0.25) is 5.01 Å². The third kappa shape index (κ3) is 2.65. The van der Waals surface area contributed by atoms with Gasteiger partial charge in [0.15, 0.2) is 0 Å². The number of benzene rings is 2. The lowest BCUT2D eigenvalue weighted by Crippen LogP contribution is -2.18. The van der Waals surface area contributed by atoms with Crippen LogP contribution in [0.3, 0.4) is 0 Å². The first-order chi connectivity index (χ1) is 10.1. The summed E-state index contributed by atoms with van der Waals surface area (Å²) >= 11 is 0. The van der Waals surface area contributed by atoms with Crippen LogP contribution in [0.4, 0.5) is 5.69 Å². The highest BCUT2D eigenvalue weighted by atomic mass is 16.4. The van der Waals surface area contributed by atoms with Crippen LogP contribution in [-0.4, -0.2) is 16.8 Å². The molecule has 0 radical (unpaired) electrons. The summed E-state index contributed by atoms with van der Waals surface area (Å²) in [6.07, 6.45) is 0.410. The summed E-state index contributed by atoms with van der Waals surface area (Å²) in [4.78, 5) is 11.3. The number of nitrogens with zero attached hydrogens (tertiary/aromatic N) is 2. The van der Waals surface area contributed by atoms with Gasteiger partial charge in [0.25, 0.3) is 0 Å². The van der Waals surface area contributed by atoms with Gasteiger partial charge in [0.05, 0.1) is 11.7 Å². The maximum Gasteiger partial charge on any atom is 0.352 e. The van der Waals surface area contributed by atoms with E-state index in [1.54, 1.807) is 5.01 Å². The maximum atomic E-state index is 11.3. The molecular formula is C17H16N2O2. The minimum atomic E-state index is -0.953. The number of rotatable bonds is 3. The van der Waals surface area contributed by atoms with Crippen LogP contribution in [-0.2, 0) is 4.79 Å². The van der Waals surface area contributed by atoms with Crippen LogP contribution < -0.4 is 5.01 Å². The number of aryl methyl sites for hydroxylation is 1. The average molecular weight is 280 g/mol. The van der Waals surface area contributed by atoms with Crippen molar-refractivity contribution in [2.75, 3.05) is 5.01 Å². The fourth-order valence-electron chi connectivity index (χ4n) is 2.51. The third-order valence-electron chi connectivity index (χ3n) is 3.64. The Morgan fingerprint density at radius 3 is 2.43 bits per heavy atom.